The first-order valence-electron chi connectivity index (χ1n) is 7.53. The molecule has 3 aromatic rings. The molecule has 0 radical (unpaired) electrons. The van der Waals surface area contributed by atoms with Crippen molar-refractivity contribution in [1.29, 1.82) is 0 Å². The Balaban J connectivity index is 1.76. The highest BCUT2D eigenvalue weighted by molar-refractivity contribution is 6.29. The molecule has 0 unspecified atom stereocenters. The van der Waals surface area contributed by atoms with E-state index in [9.17, 15) is 0 Å². The molecule has 1 aliphatic heterocycles. The molecule has 0 atom stereocenters. The van der Waals surface area contributed by atoms with Gasteiger partial charge in [-0.05, 0) is 43.5 Å². The quantitative estimate of drug-likeness (QED) is 0.727. The summed E-state index contributed by atoms with van der Waals surface area (Å²) in [5.41, 5.74) is 2.77. The van der Waals surface area contributed by atoms with E-state index >= 15 is 0 Å². The van der Waals surface area contributed by atoms with E-state index in [-0.39, 0.29) is 0 Å². The summed E-state index contributed by atoms with van der Waals surface area (Å²) in [6, 6.07) is 7.71. The van der Waals surface area contributed by atoms with E-state index in [2.05, 4.69) is 26.0 Å². The zero-order valence-electron chi connectivity index (χ0n) is 12.1. The summed E-state index contributed by atoms with van der Waals surface area (Å²) in [6.45, 7) is 2.15. The van der Waals surface area contributed by atoms with Crippen LogP contribution in [0, 0.1) is 0 Å². The Morgan fingerprint density at radius 2 is 1.86 bits per heavy atom. The molecule has 0 bridgehead atoms. The van der Waals surface area contributed by atoms with Crippen LogP contribution in [0.25, 0.3) is 16.9 Å². The van der Waals surface area contributed by atoms with Gasteiger partial charge in [0, 0.05) is 24.8 Å². The molecule has 1 fully saturated rings. The van der Waals surface area contributed by atoms with Crippen molar-refractivity contribution in [3.05, 3.63) is 41.8 Å². The summed E-state index contributed by atoms with van der Waals surface area (Å²) in [4.78, 5) is 11.3. The van der Waals surface area contributed by atoms with Crippen molar-refractivity contribution >= 4 is 23.1 Å². The Kier molecular flexibility index (Phi) is 3.42. The van der Waals surface area contributed by atoms with Crippen LogP contribution in [0.2, 0.25) is 5.15 Å². The Hall–Kier alpha value is -2.14. The normalized spacial score (nSPS) is 15.4. The molecule has 3 aromatic heterocycles. The molecule has 0 aliphatic carbocycles. The van der Waals surface area contributed by atoms with E-state index in [4.69, 9.17) is 11.6 Å². The molecule has 4 rings (SSSR count). The van der Waals surface area contributed by atoms with Gasteiger partial charge in [-0.3, -0.25) is 0 Å². The third-order valence-corrected chi connectivity index (χ3v) is 4.25. The summed E-state index contributed by atoms with van der Waals surface area (Å²) in [5.74, 6) is 1.02. The lowest BCUT2D eigenvalue weighted by atomic mass is 10.1. The number of aromatic nitrogens is 4. The van der Waals surface area contributed by atoms with Crippen LogP contribution in [0.4, 0.5) is 5.82 Å². The van der Waals surface area contributed by atoms with Gasteiger partial charge in [0.1, 0.15) is 11.0 Å². The first kappa shape index (κ1) is 13.5. The molecule has 6 heteroatoms. The lowest BCUT2D eigenvalue weighted by molar-refractivity contribution is 0.573. The summed E-state index contributed by atoms with van der Waals surface area (Å²) in [6.07, 6.45) is 7.46. The average Bonchev–Trinajstić information content (AvgIpc) is 2.99. The van der Waals surface area contributed by atoms with Crippen LogP contribution in [-0.4, -0.2) is 32.7 Å². The number of piperidine rings is 1. The summed E-state index contributed by atoms with van der Waals surface area (Å²) in [5, 5.41) is 4.80. The molecular formula is C16H16ClN5. The molecule has 1 aliphatic rings. The van der Waals surface area contributed by atoms with Gasteiger partial charge in [0.25, 0.3) is 0 Å². The van der Waals surface area contributed by atoms with Gasteiger partial charge in [-0.25, -0.2) is 14.5 Å². The number of hydrogen-bond acceptors (Lipinski definition) is 4. The highest BCUT2D eigenvalue weighted by atomic mass is 35.5. The Morgan fingerprint density at radius 1 is 1.00 bits per heavy atom. The van der Waals surface area contributed by atoms with Crippen LogP contribution < -0.4 is 4.90 Å². The van der Waals surface area contributed by atoms with Crippen molar-refractivity contribution in [2.45, 2.75) is 19.3 Å². The topological polar surface area (TPSA) is 46.3 Å². The maximum atomic E-state index is 6.01. The smallest absolute Gasteiger partial charge is 0.154 e. The van der Waals surface area contributed by atoms with Crippen LogP contribution in [0.15, 0.2) is 36.7 Å². The Bertz CT molecular complexity index is 807. The van der Waals surface area contributed by atoms with Gasteiger partial charge in [0.2, 0.25) is 0 Å². The zero-order chi connectivity index (χ0) is 14.9. The zero-order valence-corrected chi connectivity index (χ0v) is 12.9. The minimum absolute atomic E-state index is 0.456. The highest BCUT2D eigenvalue weighted by Crippen LogP contribution is 2.25. The predicted molar refractivity (Wildman–Crippen MR) is 87.3 cm³/mol. The summed E-state index contributed by atoms with van der Waals surface area (Å²) >= 11 is 6.01. The van der Waals surface area contributed by atoms with Crippen LogP contribution in [0.3, 0.4) is 0 Å². The monoisotopic (exact) mass is 313 g/mol. The van der Waals surface area contributed by atoms with Crippen molar-refractivity contribution in [3.63, 3.8) is 0 Å². The number of fused-ring (bicyclic) bond motifs is 1. The molecule has 22 heavy (non-hydrogen) atoms. The summed E-state index contributed by atoms with van der Waals surface area (Å²) < 4.78 is 1.78. The molecule has 0 spiro atoms. The van der Waals surface area contributed by atoms with Gasteiger partial charge in [-0.1, -0.05) is 11.6 Å². The van der Waals surface area contributed by atoms with Crippen LogP contribution >= 0.6 is 11.6 Å². The number of hydrogen-bond donors (Lipinski definition) is 0. The third kappa shape index (κ3) is 2.41. The van der Waals surface area contributed by atoms with Crippen molar-refractivity contribution in [3.8, 4) is 11.3 Å². The second-order valence-corrected chi connectivity index (χ2v) is 5.91. The Labute approximate surface area is 133 Å². The fourth-order valence-corrected chi connectivity index (χ4v) is 3.06. The molecule has 1 saturated heterocycles. The third-order valence-electron chi connectivity index (χ3n) is 4.05. The second kappa shape index (κ2) is 5.57. The van der Waals surface area contributed by atoms with E-state index in [1.54, 1.807) is 10.6 Å². The molecule has 0 saturated carbocycles. The van der Waals surface area contributed by atoms with Crippen LogP contribution in [0.5, 0.6) is 0 Å². The number of rotatable bonds is 2. The molecule has 5 nitrogen and oxygen atoms in total. The first-order valence-corrected chi connectivity index (χ1v) is 7.91. The van der Waals surface area contributed by atoms with Crippen molar-refractivity contribution in [2.75, 3.05) is 18.0 Å². The van der Waals surface area contributed by atoms with Gasteiger partial charge in [0.05, 0.1) is 11.9 Å². The molecule has 0 aromatic carbocycles. The van der Waals surface area contributed by atoms with E-state index in [1.165, 1.54) is 19.3 Å². The number of halogens is 1. The van der Waals surface area contributed by atoms with Crippen molar-refractivity contribution in [2.24, 2.45) is 0 Å². The fourth-order valence-electron chi connectivity index (χ4n) is 2.92. The molecular weight excluding hydrogens is 298 g/mol. The number of nitrogens with zero attached hydrogens (tertiary/aromatic N) is 5. The highest BCUT2D eigenvalue weighted by Gasteiger charge is 2.14. The van der Waals surface area contributed by atoms with E-state index in [1.807, 2.05) is 24.5 Å². The Morgan fingerprint density at radius 3 is 2.73 bits per heavy atom. The number of pyridine rings is 1. The largest absolute Gasteiger partial charge is 0.357 e. The van der Waals surface area contributed by atoms with Crippen LogP contribution in [0.1, 0.15) is 19.3 Å². The molecule has 112 valence electrons. The maximum Gasteiger partial charge on any atom is 0.154 e. The number of imidazole rings is 1. The van der Waals surface area contributed by atoms with Crippen LogP contribution in [-0.2, 0) is 0 Å². The van der Waals surface area contributed by atoms with Gasteiger partial charge < -0.3 is 4.90 Å². The lowest BCUT2D eigenvalue weighted by Crippen LogP contribution is -2.30. The van der Waals surface area contributed by atoms with Gasteiger partial charge in [-0.15, -0.1) is 0 Å². The molecule has 0 amide bonds. The van der Waals surface area contributed by atoms with E-state index < -0.39 is 0 Å². The minimum atomic E-state index is 0.456. The lowest BCUT2D eigenvalue weighted by Gasteiger charge is -2.27. The predicted octanol–water partition coefficient (Wildman–Crippen LogP) is 3.44. The average molecular weight is 314 g/mol. The first-order chi connectivity index (χ1) is 10.8. The van der Waals surface area contributed by atoms with Gasteiger partial charge in [-0.2, -0.15) is 5.10 Å². The molecule has 0 N–H and O–H groups in total. The standard InChI is InChI=1S/C16H16ClN5/c17-14-4-5-15-19-11-13(22(15)20-14)12-6-7-18-16(10-12)21-8-2-1-3-9-21/h4-7,10-11H,1-3,8-9H2. The van der Waals surface area contributed by atoms with Crippen molar-refractivity contribution < 1.29 is 0 Å². The van der Waals surface area contributed by atoms with Gasteiger partial charge >= 0.3 is 0 Å². The van der Waals surface area contributed by atoms with Crippen molar-refractivity contribution in [1.82, 2.24) is 19.6 Å². The van der Waals surface area contributed by atoms with E-state index in [0.29, 0.717) is 5.15 Å². The second-order valence-electron chi connectivity index (χ2n) is 5.52. The minimum Gasteiger partial charge on any atom is -0.357 e. The maximum absolute atomic E-state index is 6.01. The number of anilines is 1. The SMILES string of the molecule is Clc1ccc2ncc(-c3ccnc(N4CCCCC4)c3)n2n1. The van der Waals surface area contributed by atoms with E-state index in [0.717, 1.165) is 35.8 Å². The fraction of sp³-hybridized carbons (Fsp3) is 0.312. The summed E-state index contributed by atoms with van der Waals surface area (Å²) in [7, 11) is 0. The van der Waals surface area contributed by atoms with Gasteiger partial charge in [0.15, 0.2) is 5.65 Å². The molecule has 4 heterocycles.